The fourth-order valence-electron chi connectivity index (χ4n) is 6.72. The molecule has 0 aromatic rings. The van der Waals surface area contributed by atoms with Crippen LogP contribution in [0.3, 0.4) is 0 Å². The summed E-state index contributed by atoms with van der Waals surface area (Å²) in [6.45, 7) is 6.29. The molecule has 332 valence electrons. The molecule has 0 saturated carbocycles. The number of hydrogen-bond donors (Lipinski definition) is 8. The number of guanidine groups is 2. The van der Waals surface area contributed by atoms with Gasteiger partial charge in [-0.25, -0.2) is 0 Å². The molecule has 0 unspecified atom stereocenters. The molecule has 0 aliphatic heterocycles. The highest BCUT2D eigenvalue weighted by atomic mass is 16.2. The second-order valence-electron chi connectivity index (χ2n) is 15.6. The van der Waals surface area contributed by atoms with Crippen molar-refractivity contribution in [2.75, 3.05) is 26.2 Å². The number of hydrogen-bond acceptors (Lipinski definition) is 6. The Morgan fingerprint density at radius 3 is 1.04 bits per heavy atom. The molecule has 0 aliphatic rings. The minimum Gasteiger partial charge on any atom is -0.370 e. The number of aliphatic imine (C=N–C) groups is 2. The first-order valence-corrected chi connectivity index (χ1v) is 22.9. The molecule has 0 rings (SSSR count). The molecular formula is C43H86N10O4. The predicted molar refractivity (Wildman–Crippen MR) is 236 cm³/mol. The van der Waals surface area contributed by atoms with E-state index in [1.165, 1.54) is 77.0 Å². The van der Waals surface area contributed by atoms with Crippen LogP contribution < -0.4 is 44.2 Å². The Bertz CT molecular complexity index is 998. The second kappa shape index (κ2) is 39.3. The van der Waals surface area contributed by atoms with Gasteiger partial charge in [0, 0.05) is 39.0 Å². The van der Waals surface area contributed by atoms with Crippen LogP contribution in [0.25, 0.3) is 0 Å². The average molecular weight is 807 g/mol. The Labute approximate surface area is 346 Å². The van der Waals surface area contributed by atoms with Gasteiger partial charge in [0.1, 0.15) is 12.1 Å². The molecule has 0 aromatic heterocycles. The highest BCUT2D eigenvalue weighted by molar-refractivity contribution is 5.88. The van der Waals surface area contributed by atoms with Gasteiger partial charge in [-0.3, -0.25) is 29.2 Å². The van der Waals surface area contributed by atoms with Crippen molar-refractivity contribution in [3.63, 3.8) is 0 Å². The Hall–Kier alpha value is -3.58. The van der Waals surface area contributed by atoms with Crippen LogP contribution >= 0.6 is 0 Å². The van der Waals surface area contributed by atoms with Gasteiger partial charge in [-0.2, -0.15) is 0 Å². The summed E-state index contributed by atoms with van der Waals surface area (Å²) < 4.78 is 0. The van der Waals surface area contributed by atoms with Crippen LogP contribution in [-0.4, -0.2) is 73.8 Å². The van der Waals surface area contributed by atoms with Crippen LogP contribution in [0.1, 0.15) is 200 Å². The lowest BCUT2D eigenvalue weighted by Gasteiger charge is -2.19. The highest BCUT2D eigenvalue weighted by Crippen LogP contribution is 2.12. The Morgan fingerprint density at radius 1 is 0.421 bits per heavy atom. The normalized spacial score (nSPS) is 12.0. The number of rotatable bonds is 40. The van der Waals surface area contributed by atoms with Crippen LogP contribution in [0, 0.1) is 0 Å². The summed E-state index contributed by atoms with van der Waals surface area (Å²) in [6.07, 6.45) is 28.6. The standard InChI is InChI=1S/C43H86N10O4/c1-3-5-7-9-11-13-15-18-22-30-38(54)52-36(28-26-34-50-42(44)45)40(56)48-32-24-20-17-21-25-33-49-41(57)37(29-27-35-51-43(46)47)53-39(55)31-23-19-16-14-12-10-8-6-4-2/h36-37H,3-35H2,1-2H3,(H,48,56)(H,49,57)(H,52,54)(H,53,55)(H4,44,45,50)(H4,46,47,51)/t36-,37-/m0/s1. The Kier molecular flexibility index (Phi) is 36.8. The van der Waals surface area contributed by atoms with Gasteiger partial charge >= 0.3 is 0 Å². The average Bonchev–Trinajstić information content (AvgIpc) is 3.17. The zero-order chi connectivity index (χ0) is 42.2. The summed E-state index contributed by atoms with van der Waals surface area (Å²) in [7, 11) is 0. The number of nitrogens with zero attached hydrogens (tertiary/aromatic N) is 2. The van der Waals surface area contributed by atoms with E-state index in [0.29, 0.717) is 64.7 Å². The predicted octanol–water partition coefficient (Wildman–Crippen LogP) is 6.09. The summed E-state index contributed by atoms with van der Waals surface area (Å²) in [5.41, 5.74) is 21.8. The van der Waals surface area contributed by atoms with Crippen LogP contribution in [0.5, 0.6) is 0 Å². The molecule has 0 fully saturated rings. The maximum absolute atomic E-state index is 13.0. The van der Waals surface area contributed by atoms with E-state index in [1.807, 2.05) is 0 Å². The van der Waals surface area contributed by atoms with Crippen LogP contribution in [0.4, 0.5) is 0 Å². The van der Waals surface area contributed by atoms with Crippen LogP contribution in [0.15, 0.2) is 9.98 Å². The van der Waals surface area contributed by atoms with Gasteiger partial charge in [-0.05, 0) is 51.4 Å². The van der Waals surface area contributed by atoms with E-state index in [4.69, 9.17) is 22.9 Å². The summed E-state index contributed by atoms with van der Waals surface area (Å²) in [6, 6.07) is -1.24. The zero-order valence-corrected chi connectivity index (χ0v) is 36.3. The van der Waals surface area contributed by atoms with E-state index >= 15 is 0 Å². The first kappa shape index (κ1) is 53.4. The first-order chi connectivity index (χ1) is 27.6. The molecule has 0 aromatic carbocycles. The molecule has 57 heavy (non-hydrogen) atoms. The number of nitrogens with one attached hydrogen (secondary N) is 4. The van der Waals surface area contributed by atoms with Crippen molar-refractivity contribution >= 4 is 35.5 Å². The van der Waals surface area contributed by atoms with E-state index in [2.05, 4.69) is 45.1 Å². The lowest BCUT2D eigenvalue weighted by atomic mass is 10.1. The highest BCUT2D eigenvalue weighted by Gasteiger charge is 2.21. The van der Waals surface area contributed by atoms with Crippen molar-refractivity contribution in [2.45, 2.75) is 212 Å². The first-order valence-electron chi connectivity index (χ1n) is 22.9. The molecule has 0 spiro atoms. The minimum atomic E-state index is -0.621. The van der Waals surface area contributed by atoms with Gasteiger partial charge in [0.25, 0.3) is 0 Å². The third-order valence-corrected chi connectivity index (χ3v) is 10.2. The lowest BCUT2D eigenvalue weighted by molar-refractivity contribution is -0.129. The van der Waals surface area contributed by atoms with Gasteiger partial charge in [-0.1, -0.05) is 136 Å². The molecule has 0 saturated heterocycles. The third-order valence-electron chi connectivity index (χ3n) is 10.2. The molecule has 14 nitrogen and oxygen atoms in total. The Balaban J connectivity index is 4.49. The van der Waals surface area contributed by atoms with Crippen molar-refractivity contribution in [1.29, 1.82) is 0 Å². The SMILES string of the molecule is CCCCCCCCCCCC(=O)N[C@@H](CCCN=C(N)N)C(=O)NCCCCCCCNC(=O)[C@H](CCCN=C(N)N)NC(=O)CCCCCCCCCCC. The molecule has 4 amide bonds. The molecule has 0 radical (unpaired) electrons. The number of nitrogens with two attached hydrogens (primary N) is 4. The van der Waals surface area contributed by atoms with Crippen molar-refractivity contribution < 1.29 is 19.2 Å². The smallest absolute Gasteiger partial charge is 0.242 e. The fraction of sp³-hybridized carbons (Fsp3) is 0.860. The number of amides is 4. The van der Waals surface area contributed by atoms with Crippen molar-refractivity contribution in [2.24, 2.45) is 32.9 Å². The van der Waals surface area contributed by atoms with Gasteiger partial charge in [-0.15, -0.1) is 0 Å². The summed E-state index contributed by atoms with van der Waals surface area (Å²) >= 11 is 0. The van der Waals surface area contributed by atoms with E-state index in [1.54, 1.807) is 0 Å². The molecule has 2 atom stereocenters. The zero-order valence-electron chi connectivity index (χ0n) is 36.3. The monoisotopic (exact) mass is 807 g/mol. The minimum absolute atomic E-state index is 0.0104. The molecular weight excluding hydrogens is 721 g/mol. The lowest BCUT2D eigenvalue weighted by Crippen LogP contribution is -2.47. The van der Waals surface area contributed by atoms with Crippen molar-refractivity contribution in [3.05, 3.63) is 0 Å². The van der Waals surface area contributed by atoms with E-state index in [-0.39, 0.29) is 35.5 Å². The molecule has 14 heteroatoms. The largest absolute Gasteiger partial charge is 0.370 e. The number of carbonyl (C=O) groups excluding carboxylic acids is 4. The van der Waals surface area contributed by atoms with Gasteiger partial charge in [0.2, 0.25) is 23.6 Å². The number of carbonyl (C=O) groups is 4. The third kappa shape index (κ3) is 36.5. The van der Waals surface area contributed by atoms with Crippen molar-refractivity contribution in [1.82, 2.24) is 21.3 Å². The van der Waals surface area contributed by atoms with Gasteiger partial charge in [0.15, 0.2) is 11.9 Å². The second-order valence-corrected chi connectivity index (χ2v) is 15.6. The molecule has 0 heterocycles. The number of unbranched alkanes of at least 4 members (excludes halogenated alkanes) is 20. The van der Waals surface area contributed by atoms with Crippen LogP contribution in [-0.2, 0) is 19.2 Å². The summed E-state index contributed by atoms with van der Waals surface area (Å²) in [5.74, 6) is -0.541. The van der Waals surface area contributed by atoms with E-state index < -0.39 is 12.1 Å². The molecule has 12 N–H and O–H groups in total. The molecule has 0 bridgehead atoms. The molecule has 0 aliphatic carbocycles. The summed E-state index contributed by atoms with van der Waals surface area (Å²) in [4.78, 5) is 59.5. The van der Waals surface area contributed by atoms with E-state index in [0.717, 1.165) is 70.6 Å². The summed E-state index contributed by atoms with van der Waals surface area (Å²) in [5, 5.41) is 11.9. The van der Waals surface area contributed by atoms with E-state index in [9.17, 15) is 19.2 Å². The maximum Gasteiger partial charge on any atom is 0.242 e. The van der Waals surface area contributed by atoms with Gasteiger partial charge < -0.3 is 44.2 Å². The maximum atomic E-state index is 13.0. The quantitative estimate of drug-likeness (QED) is 0.0204. The van der Waals surface area contributed by atoms with Crippen molar-refractivity contribution in [3.8, 4) is 0 Å². The fourth-order valence-corrected chi connectivity index (χ4v) is 6.72. The Morgan fingerprint density at radius 2 is 0.719 bits per heavy atom. The van der Waals surface area contributed by atoms with Gasteiger partial charge in [0.05, 0.1) is 0 Å². The van der Waals surface area contributed by atoms with Crippen LogP contribution in [0.2, 0.25) is 0 Å². The topological polar surface area (TPSA) is 245 Å².